The second-order valence-electron chi connectivity index (χ2n) is 7.12. The molecule has 136 valence electrons. The van der Waals surface area contributed by atoms with Gasteiger partial charge < -0.3 is 9.47 Å². The summed E-state index contributed by atoms with van der Waals surface area (Å²) in [6.07, 6.45) is 0.792. The van der Waals surface area contributed by atoms with E-state index in [1.807, 2.05) is 50.2 Å². The number of hydrogen-bond acceptors (Lipinski definition) is 6. The van der Waals surface area contributed by atoms with Crippen molar-refractivity contribution in [1.82, 2.24) is 4.98 Å². The Hall–Kier alpha value is -2.91. The van der Waals surface area contributed by atoms with Crippen molar-refractivity contribution < 1.29 is 14.3 Å². The summed E-state index contributed by atoms with van der Waals surface area (Å²) in [5.74, 6) is -0.0286. The second kappa shape index (κ2) is 6.67. The molecule has 0 radical (unpaired) electrons. The SMILES string of the molecule is CC1(C)Cc2cccc(OCC(=O)[C@@H](C#N)c3nc4ccccc4s3)c2O1. The Morgan fingerprint density at radius 2 is 2.15 bits per heavy atom. The van der Waals surface area contributed by atoms with E-state index in [2.05, 4.69) is 11.1 Å². The van der Waals surface area contributed by atoms with E-state index in [1.165, 1.54) is 11.3 Å². The molecule has 3 aromatic rings. The van der Waals surface area contributed by atoms with Crippen molar-refractivity contribution >= 4 is 27.3 Å². The number of carbonyl (C=O) groups excluding carboxylic acids is 1. The first-order chi connectivity index (χ1) is 13.0. The molecule has 0 aliphatic carbocycles. The van der Waals surface area contributed by atoms with Gasteiger partial charge in [0, 0.05) is 12.0 Å². The number of carbonyl (C=O) groups is 1. The highest BCUT2D eigenvalue weighted by Crippen LogP contribution is 2.41. The average molecular weight is 378 g/mol. The van der Waals surface area contributed by atoms with Crippen molar-refractivity contribution in [3.63, 3.8) is 0 Å². The molecule has 0 bridgehead atoms. The van der Waals surface area contributed by atoms with Gasteiger partial charge >= 0.3 is 0 Å². The molecule has 1 aromatic heterocycles. The number of thiazole rings is 1. The molecule has 2 aromatic carbocycles. The predicted molar refractivity (Wildman–Crippen MR) is 103 cm³/mol. The summed E-state index contributed by atoms with van der Waals surface area (Å²) in [6.45, 7) is 3.83. The van der Waals surface area contributed by atoms with Crippen molar-refractivity contribution in [3.05, 3.63) is 53.0 Å². The fourth-order valence-corrected chi connectivity index (χ4v) is 4.25. The highest BCUT2D eigenvalue weighted by atomic mass is 32.1. The Morgan fingerprint density at radius 1 is 1.33 bits per heavy atom. The van der Waals surface area contributed by atoms with E-state index in [9.17, 15) is 10.1 Å². The molecule has 1 aliphatic heterocycles. The number of fused-ring (bicyclic) bond motifs is 2. The molecule has 0 spiro atoms. The summed E-state index contributed by atoms with van der Waals surface area (Å²) in [6, 6.07) is 15.3. The van der Waals surface area contributed by atoms with Gasteiger partial charge in [-0.3, -0.25) is 4.79 Å². The van der Waals surface area contributed by atoms with Gasteiger partial charge in [0.25, 0.3) is 0 Å². The Morgan fingerprint density at radius 3 is 2.93 bits per heavy atom. The summed E-state index contributed by atoms with van der Waals surface area (Å²) in [5.41, 5.74) is 1.57. The summed E-state index contributed by atoms with van der Waals surface area (Å²) < 4.78 is 12.6. The van der Waals surface area contributed by atoms with Crippen LogP contribution < -0.4 is 9.47 Å². The lowest BCUT2D eigenvalue weighted by molar-refractivity contribution is -0.121. The monoisotopic (exact) mass is 378 g/mol. The van der Waals surface area contributed by atoms with Crippen LogP contribution in [-0.2, 0) is 11.2 Å². The van der Waals surface area contributed by atoms with Gasteiger partial charge in [-0.1, -0.05) is 24.3 Å². The largest absolute Gasteiger partial charge is 0.483 e. The number of hydrogen-bond donors (Lipinski definition) is 0. The van der Waals surface area contributed by atoms with Gasteiger partial charge in [-0.25, -0.2) is 4.98 Å². The van der Waals surface area contributed by atoms with Crippen LogP contribution in [0.2, 0.25) is 0 Å². The molecule has 0 N–H and O–H groups in total. The Labute approximate surface area is 161 Å². The number of aromatic nitrogens is 1. The Bertz CT molecular complexity index is 1030. The number of ketones is 1. The van der Waals surface area contributed by atoms with Gasteiger partial charge in [0.05, 0.1) is 16.3 Å². The lowest BCUT2D eigenvalue weighted by Crippen LogP contribution is -2.25. The van der Waals surface area contributed by atoms with Crippen LogP contribution in [0.3, 0.4) is 0 Å². The molecule has 4 rings (SSSR count). The number of para-hydroxylation sites is 2. The summed E-state index contributed by atoms with van der Waals surface area (Å²) in [4.78, 5) is 17.1. The van der Waals surface area contributed by atoms with Crippen molar-refractivity contribution in [2.75, 3.05) is 6.61 Å². The molecule has 1 atom stereocenters. The first-order valence-electron chi connectivity index (χ1n) is 8.68. The molecule has 0 amide bonds. The van der Waals surface area contributed by atoms with E-state index in [0.29, 0.717) is 16.5 Å². The van der Waals surface area contributed by atoms with Gasteiger partial charge in [0.1, 0.15) is 17.2 Å². The maximum atomic E-state index is 12.6. The van der Waals surface area contributed by atoms with E-state index < -0.39 is 5.92 Å². The Kier molecular flexibility index (Phi) is 4.33. The third kappa shape index (κ3) is 3.38. The smallest absolute Gasteiger partial charge is 0.194 e. The van der Waals surface area contributed by atoms with Crippen LogP contribution >= 0.6 is 11.3 Å². The zero-order valence-corrected chi connectivity index (χ0v) is 15.9. The molecule has 0 saturated heterocycles. The number of ether oxygens (including phenoxy) is 2. The first-order valence-corrected chi connectivity index (χ1v) is 9.50. The molecular formula is C21H18N2O3S. The molecule has 5 nitrogen and oxygen atoms in total. The summed E-state index contributed by atoms with van der Waals surface area (Å²) >= 11 is 1.37. The van der Waals surface area contributed by atoms with Crippen LogP contribution in [0.25, 0.3) is 10.2 Å². The van der Waals surface area contributed by atoms with Crippen LogP contribution in [0.4, 0.5) is 0 Å². The number of benzene rings is 2. The standard InChI is InChI=1S/C21H18N2O3S/c1-21(2)10-13-6-5-8-17(19(13)26-21)25-12-16(24)14(11-22)20-23-15-7-3-4-9-18(15)27-20/h3-9,14H,10,12H2,1-2H3/t14-/m1/s1. The number of rotatable bonds is 5. The van der Waals surface area contributed by atoms with Gasteiger partial charge in [-0.05, 0) is 32.0 Å². The van der Waals surface area contributed by atoms with Crippen molar-refractivity contribution in [1.29, 1.82) is 5.26 Å². The lowest BCUT2D eigenvalue weighted by Gasteiger charge is -2.18. The van der Waals surface area contributed by atoms with Crippen LogP contribution in [0.5, 0.6) is 11.5 Å². The van der Waals surface area contributed by atoms with E-state index >= 15 is 0 Å². The predicted octanol–water partition coefficient (Wildman–Crippen LogP) is 4.27. The van der Waals surface area contributed by atoms with E-state index in [-0.39, 0.29) is 18.0 Å². The quantitative estimate of drug-likeness (QED) is 0.663. The maximum Gasteiger partial charge on any atom is 0.194 e. The normalized spacial score (nSPS) is 15.6. The third-order valence-electron chi connectivity index (χ3n) is 4.43. The molecule has 6 heteroatoms. The van der Waals surface area contributed by atoms with E-state index in [1.54, 1.807) is 6.07 Å². The molecule has 0 unspecified atom stereocenters. The fraction of sp³-hybridized carbons (Fsp3) is 0.286. The minimum Gasteiger partial charge on any atom is -0.483 e. The van der Waals surface area contributed by atoms with Crippen LogP contribution in [0.15, 0.2) is 42.5 Å². The molecule has 0 fully saturated rings. The van der Waals surface area contributed by atoms with Crippen molar-refractivity contribution in [2.45, 2.75) is 31.8 Å². The van der Waals surface area contributed by atoms with Gasteiger partial charge in [-0.15, -0.1) is 11.3 Å². The minimum absolute atomic E-state index is 0.200. The van der Waals surface area contributed by atoms with E-state index in [0.717, 1.165) is 22.2 Å². The zero-order chi connectivity index (χ0) is 19.0. The molecule has 27 heavy (non-hydrogen) atoms. The first kappa shape index (κ1) is 17.5. The van der Waals surface area contributed by atoms with Crippen molar-refractivity contribution in [2.24, 2.45) is 0 Å². The summed E-state index contributed by atoms with van der Waals surface area (Å²) in [7, 11) is 0. The second-order valence-corrected chi connectivity index (χ2v) is 8.18. The highest BCUT2D eigenvalue weighted by Gasteiger charge is 2.33. The minimum atomic E-state index is -0.934. The maximum absolute atomic E-state index is 12.6. The van der Waals surface area contributed by atoms with Crippen LogP contribution in [-0.4, -0.2) is 23.0 Å². The molecule has 2 heterocycles. The number of nitrogens with zero attached hydrogens (tertiary/aromatic N) is 2. The number of nitriles is 1. The topological polar surface area (TPSA) is 72.2 Å². The number of Topliss-reactive ketones (excluding diaryl/α,β-unsaturated/α-hetero) is 1. The van der Waals surface area contributed by atoms with Gasteiger partial charge in [0.15, 0.2) is 23.2 Å². The lowest BCUT2D eigenvalue weighted by atomic mass is 10.0. The van der Waals surface area contributed by atoms with Crippen LogP contribution in [0, 0.1) is 11.3 Å². The van der Waals surface area contributed by atoms with Gasteiger partial charge in [0.2, 0.25) is 0 Å². The average Bonchev–Trinajstić information content (AvgIpc) is 3.19. The Balaban J connectivity index is 1.51. The van der Waals surface area contributed by atoms with E-state index in [4.69, 9.17) is 9.47 Å². The van der Waals surface area contributed by atoms with Gasteiger partial charge in [-0.2, -0.15) is 5.26 Å². The molecule has 1 aliphatic rings. The third-order valence-corrected chi connectivity index (χ3v) is 5.53. The fourth-order valence-electron chi connectivity index (χ4n) is 3.21. The molecule has 0 saturated carbocycles. The van der Waals surface area contributed by atoms with Crippen molar-refractivity contribution in [3.8, 4) is 17.6 Å². The highest BCUT2D eigenvalue weighted by molar-refractivity contribution is 7.18. The van der Waals surface area contributed by atoms with Crippen LogP contribution in [0.1, 0.15) is 30.3 Å². The summed E-state index contributed by atoms with van der Waals surface area (Å²) in [5, 5.41) is 10.0. The molecular weight excluding hydrogens is 360 g/mol. The zero-order valence-electron chi connectivity index (χ0n) is 15.1.